The van der Waals surface area contributed by atoms with Crippen molar-refractivity contribution < 1.29 is 9.53 Å². The average molecular weight is 300 g/mol. The summed E-state index contributed by atoms with van der Waals surface area (Å²) >= 11 is 0. The molecule has 5 rings (SSSR count). The molecule has 0 unspecified atom stereocenters. The maximum absolute atomic E-state index is 12.8. The lowest BCUT2D eigenvalue weighted by Gasteiger charge is -2.53. The van der Waals surface area contributed by atoms with Gasteiger partial charge < -0.3 is 15.8 Å². The van der Waals surface area contributed by atoms with E-state index in [2.05, 4.69) is 5.32 Å². The first-order valence-electron chi connectivity index (χ1n) is 8.38. The number of hydrogen-bond donors (Lipinski definition) is 2. The van der Waals surface area contributed by atoms with Gasteiger partial charge in [0, 0.05) is 11.6 Å². The molecule has 0 radical (unpaired) electrons. The smallest absolute Gasteiger partial charge is 0.228 e. The minimum atomic E-state index is 0.193. The number of methoxy groups -OCH3 is 1. The molecule has 3 N–H and O–H groups in total. The highest BCUT2D eigenvalue weighted by Gasteiger charge is 2.50. The molecule has 0 aliphatic heterocycles. The number of carbonyl (C=O) groups is 1. The first kappa shape index (κ1) is 13.9. The topological polar surface area (TPSA) is 64.3 Å². The molecule has 4 aliphatic rings. The molecule has 4 fully saturated rings. The SMILES string of the molecule is COc1ccc(NC(=O)C2C3CC4CC(C3)CC2C4)cc1N. The zero-order chi connectivity index (χ0) is 15.3. The summed E-state index contributed by atoms with van der Waals surface area (Å²) in [5, 5.41) is 3.09. The van der Waals surface area contributed by atoms with Crippen molar-refractivity contribution in [1.82, 2.24) is 0 Å². The molecule has 0 spiro atoms. The molecule has 0 heterocycles. The van der Waals surface area contributed by atoms with Crippen molar-refractivity contribution in [2.24, 2.45) is 29.6 Å². The zero-order valence-corrected chi connectivity index (χ0v) is 13.0. The van der Waals surface area contributed by atoms with E-state index in [1.807, 2.05) is 12.1 Å². The number of anilines is 2. The predicted molar refractivity (Wildman–Crippen MR) is 86.6 cm³/mol. The van der Waals surface area contributed by atoms with E-state index >= 15 is 0 Å². The van der Waals surface area contributed by atoms with Gasteiger partial charge in [0.1, 0.15) is 5.75 Å². The summed E-state index contributed by atoms with van der Waals surface area (Å²) in [7, 11) is 1.60. The van der Waals surface area contributed by atoms with E-state index < -0.39 is 0 Å². The molecule has 4 saturated carbocycles. The van der Waals surface area contributed by atoms with Gasteiger partial charge in [-0.05, 0) is 74.0 Å². The summed E-state index contributed by atoms with van der Waals surface area (Å²) in [5.41, 5.74) is 7.26. The van der Waals surface area contributed by atoms with Crippen molar-refractivity contribution in [2.75, 3.05) is 18.2 Å². The lowest BCUT2D eigenvalue weighted by molar-refractivity contribution is -0.132. The maximum Gasteiger partial charge on any atom is 0.228 e. The van der Waals surface area contributed by atoms with E-state index in [-0.39, 0.29) is 11.8 Å². The number of nitrogens with one attached hydrogen (secondary N) is 1. The van der Waals surface area contributed by atoms with Crippen LogP contribution in [0.5, 0.6) is 5.75 Å². The fourth-order valence-electron chi connectivity index (χ4n) is 5.39. The van der Waals surface area contributed by atoms with Gasteiger partial charge in [-0.2, -0.15) is 0 Å². The summed E-state index contributed by atoms with van der Waals surface area (Å²) in [6.07, 6.45) is 6.45. The normalized spacial score (nSPS) is 35.4. The van der Waals surface area contributed by atoms with E-state index in [1.54, 1.807) is 13.2 Å². The number of amides is 1. The van der Waals surface area contributed by atoms with Crippen LogP contribution in [0.25, 0.3) is 0 Å². The first-order chi connectivity index (χ1) is 10.6. The van der Waals surface area contributed by atoms with Crippen LogP contribution in [0, 0.1) is 29.6 Å². The third-order valence-electron chi connectivity index (χ3n) is 6.03. The number of nitrogens with two attached hydrogens (primary N) is 1. The van der Waals surface area contributed by atoms with Crippen LogP contribution in [0.4, 0.5) is 11.4 Å². The summed E-state index contributed by atoms with van der Waals surface area (Å²) in [5.74, 6) is 4.03. The van der Waals surface area contributed by atoms with Crippen molar-refractivity contribution >= 4 is 17.3 Å². The Balaban J connectivity index is 1.49. The Kier molecular flexibility index (Phi) is 3.28. The van der Waals surface area contributed by atoms with Gasteiger partial charge in [-0.3, -0.25) is 4.79 Å². The molecule has 4 heteroatoms. The highest BCUT2D eigenvalue weighted by atomic mass is 16.5. The first-order valence-corrected chi connectivity index (χ1v) is 8.38. The predicted octanol–water partition coefficient (Wildman–Crippen LogP) is 3.29. The second-order valence-electron chi connectivity index (χ2n) is 7.40. The molecule has 0 saturated heterocycles. The fourth-order valence-corrected chi connectivity index (χ4v) is 5.39. The molecule has 1 aromatic rings. The van der Waals surface area contributed by atoms with Crippen molar-refractivity contribution in [1.29, 1.82) is 0 Å². The van der Waals surface area contributed by atoms with E-state index in [1.165, 1.54) is 32.1 Å². The second kappa shape index (κ2) is 5.18. The molecule has 4 bridgehead atoms. The molecular weight excluding hydrogens is 276 g/mol. The average Bonchev–Trinajstić information content (AvgIpc) is 2.46. The van der Waals surface area contributed by atoms with Crippen LogP contribution in [-0.2, 0) is 4.79 Å². The molecule has 0 aromatic heterocycles. The number of hydrogen-bond acceptors (Lipinski definition) is 3. The van der Waals surface area contributed by atoms with Gasteiger partial charge in [-0.25, -0.2) is 0 Å². The standard InChI is InChI=1S/C18H24N2O2/c1-22-16-3-2-14(9-15(16)19)20-18(21)17-12-5-10-4-11(7-12)8-13(17)6-10/h2-3,9-13,17H,4-8,19H2,1H3,(H,20,21). The largest absolute Gasteiger partial charge is 0.495 e. The van der Waals surface area contributed by atoms with Gasteiger partial charge in [0.25, 0.3) is 0 Å². The van der Waals surface area contributed by atoms with Crippen molar-refractivity contribution in [2.45, 2.75) is 32.1 Å². The number of rotatable bonds is 3. The van der Waals surface area contributed by atoms with Gasteiger partial charge in [-0.15, -0.1) is 0 Å². The van der Waals surface area contributed by atoms with E-state index in [4.69, 9.17) is 10.5 Å². The Morgan fingerprint density at radius 3 is 2.32 bits per heavy atom. The van der Waals surface area contributed by atoms with Crippen molar-refractivity contribution in [3.63, 3.8) is 0 Å². The van der Waals surface area contributed by atoms with Gasteiger partial charge in [-0.1, -0.05) is 0 Å². The molecule has 4 nitrogen and oxygen atoms in total. The van der Waals surface area contributed by atoms with Crippen LogP contribution in [0.2, 0.25) is 0 Å². The van der Waals surface area contributed by atoms with Crippen LogP contribution in [-0.4, -0.2) is 13.0 Å². The van der Waals surface area contributed by atoms with E-state index in [0.717, 1.165) is 17.5 Å². The molecular formula is C18H24N2O2. The third kappa shape index (κ3) is 2.25. The van der Waals surface area contributed by atoms with Crippen LogP contribution in [0.1, 0.15) is 32.1 Å². The highest BCUT2D eigenvalue weighted by Crippen LogP contribution is 2.56. The molecule has 0 atom stereocenters. The molecule has 22 heavy (non-hydrogen) atoms. The highest BCUT2D eigenvalue weighted by molar-refractivity contribution is 5.93. The van der Waals surface area contributed by atoms with Crippen LogP contribution in [0.3, 0.4) is 0 Å². The molecule has 1 aromatic carbocycles. The zero-order valence-electron chi connectivity index (χ0n) is 13.0. The van der Waals surface area contributed by atoms with E-state index in [9.17, 15) is 4.79 Å². The summed E-state index contributed by atoms with van der Waals surface area (Å²) in [6, 6.07) is 5.46. The fraction of sp³-hybridized carbons (Fsp3) is 0.611. The Bertz CT molecular complexity index is 571. The molecule has 1 amide bonds. The van der Waals surface area contributed by atoms with Crippen LogP contribution in [0.15, 0.2) is 18.2 Å². The number of nitrogen functional groups attached to an aromatic ring is 1. The van der Waals surface area contributed by atoms with Gasteiger partial charge >= 0.3 is 0 Å². The summed E-state index contributed by atoms with van der Waals surface area (Å²) in [6.45, 7) is 0. The Morgan fingerprint density at radius 1 is 1.14 bits per heavy atom. The summed E-state index contributed by atoms with van der Waals surface area (Å²) in [4.78, 5) is 12.8. The number of ether oxygens (including phenoxy) is 1. The number of carbonyl (C=O) groups excluding carboxylic acids is 1. The molecule has 118 valence electrons. The van der Waals surface area contributed by atoms with Crippen LogP contribution >= 0.6 is 0 Å². The van der Waals surface area contributed by atoms with E-state index in [0.29, 0.717) is 23.3 Å². The third-order valence-corrected chi connectivity index (χ3v) is 6.03. The van der Waals surface area contributed by atoms with Gasteiger partial charge in [0.05, 0.1) is 12.8 Å². The molecule has 4 aliphatic carbocycles. The maximum atomic E-state index is 12.8. The lowest BCUT2D eigenvalue weighted by Crippen LogP contribution is -2.49. The monoisotopic (exact) mass is 300 g/mol. The van der Waals surface area contributed by atoms with Crippen molar-refractivity contribution in [3.8, 4) is 5.75 Å². The summed E-state index contributed by atoms with van der Waals surface area (Å²) < 4.78 is 5.16. The van der Waals surface area contributed by atoms with Gasteiger partial charge in [0.15, 0.2) is 0 Å². The Hall–Kier alpha value is -1.71. The second-order valence-corrected chi connectivity index (χ2v) is 7.40. The quantitative estimate of drug-likeness (QED) is 0.842. The minimum absolute atomic E-state index is 0.193. The van der Waals surface area contributed by atoms with Crippen molar-refractivity contribution in [3.05, 3.63) is 18.2 Å². The lowest BCUT2D eigenvalue weighted by atomic mass is 9.51. The number of benzene rings is 1. The van der Waals surface area contributed by atoms with Gasteiger partial charge in [0.2, 0.25) is 5.91 Å². The Morgan fingerprint density at radius 2 is 1.77 bits per heavy atom. The minimum Gasteiger partial charge on any atom is -0.495 e. The Labute approximate surface area is 131 Å². The van der Waals surface area contributed by atoms with Crippen LogP contribution < -0.4 is 15.8 Å².